The number of rotatable bonds is 11. The minimum absolute atomic E-state index is 0.0279. The summed E-state index contributed by atoms with van der Waals surface area (Å²) in [5.74, 6) is 0.483. The largest absolute Gasteiger partial charge is 0.331 e. The van der Waals surface area contributed by atoms with Crippen LogP contribution in [-0.4, -0.2) is 23.2 Å². The molecule has 0 atom stereocenters. The van der Waals surface area contributed by atoms with Gasteiger partial charge in [0.25, 0.3) is 0 Å². The van der Waals surface area contributed by atoms with Crippen LogP contribution in [0.25, 0.3) is 0 Å². The molecule has 0 aromatic heterocycles. The summed E-state index contributed by atoms with van der Waals surface area (Å²) in [6.45, 7) is 3.29. The summed E-state index contributed by atoms with van der Waals surface area (Å²) in [6, 6.07) is 31.1. The fourth-order valence-corrected chi connectivity index (χ4v) is 5.63. The topological polar surface area (TPSA) is 55.7 Å². The average molecular weight is 574 g/mol. The quantitative estimate of drug-likeness (QED) is 0.0448. The van der Waals surface area contributed by atoms with Gasteiger partial charge in [-0.3, -0.25) is 4.79 Å². The molecule has 0 aliphatic rings. The zero-order valence-electron chi connectivity index (χ0n) is 21.7. The molecule has 0 radical (unpaired) electrons. The number of ketones is 1. The minimum atomic E-state index is -0.445. The number of halogens is 1. The summed E-state index contributed by atoms with van der Waals surface area (Å²) in [7, 11) is 0. The molecule has 0 aliphatic carbocycles. The van der Waals surface area contributed by atoms with E-state index in [0.717, 1.165) is 54.3 Å². The third kappa shape index (κ3) is 8.59. The molecule has 4 aromatic rings. The Morgan fingerprint density at radius 3 is 2.00 bits per heavy atom. The molecule has 0 saturated carbocycles. The summed E-state index contributed by atoms with van der Waals surface area (Å²) >= 11 is 9.33. The first kappa shape index (κ1) is 28.7. The third-order valence-corrected chi connectivity index (χ3v) is 8.22. The van der Waals surface area contributed by atoms with E-state index in [1.807, 2.05) is 104 Å². The highest BCUT2D eigenvalue weighted by atomic mass is 35.5. The van der Waals surface area contributed by atoms with Crippen molar-refractivity contribution in [2.45, 2.75) is 41.4 Å². The van der Waals surface area contributed by atoms with Crippen LogP contribution in [0.1, 0.15) is 46.8 Å². The summed E-state index contributed by atoms with van der Waals surface area (Å²) in [5, 5.41) is 4.85. The van der Waals surface area contributed by atoms with Crippen molar-refractivity contribution in [1.82, 2.24) is 0 Å². The van der Waals surface area contributed by atoms with Crippen LogP contribution in [0.2, 0.25) is 5.02 Å². The summed E-state index contributed by atoms with van der Waals surface area (Å²) in [5.41, 5.74) is 4.01. The maximum atomic E-state index is 12.9. The Hall–Kier alpha value is -3.32. The van der Waals surface area contributed by atoms with Crippen LogP contribution in [0, 0.1) is 6.92 Å². The first-order chi connectivity index (χ1) is 18.9. The van der Waals surface area contributed by atoms with Crippen LogP contribution in [0.15, 0.2) is 117 Å². The number of nitrogens with zero attached hydrogens (tertiary/aromatic N) is 1. The van der Waals surface area contributed by atoms with E-state index in [-0.39, 0.29) is 5.78 Å². The van der Waals surface area contributed by atoms with Crippen molar-refractivity contribution in [2.24, 2.45) is 5.16 Å². The van der Waals surface area contributed by atoms with E-state index < -0.39 is 5.97 Å². The van der Waals surface area contributed by atoms with Gasteiger partial charge in [0.05, 0.1) is 5.71 Å². The minimum Gasteiger partial charge on any atom is -0.318 e. The van der Waals surface area contributed by atoms with Gasteiger partial charge in [0.15, 0.2) is 5.78 Å². The average Bonchev–Trinajstić information content (AvgIpc) is 2.94. The van der Waals surface area contributed by atoms with E-state index in [9.17, 15) is 9.59 Å². The van der Waals surface area contributed by atoms with Crippen molar-refractivity contribution in [1.29, 1.82) is 0 Å². The molecular weight excluding hydrogens is 546 g/mol. The fourth-order valence-electron chi connectivity index (χ4n) is 3.83. The number of oxime groups is 1. The van der Waals surface area contributed by atoms with Crippen molar-refractivity contribution in [2.75, 3.05) is 5.75 Å². The summed E-state index contributed by atoms with van der Waals surface area (Å²) in [4.78, 5) is 32.5. The smallest absolute Gasteiger partial charge is 0.318 e. The van der Waals surface area contributed by atoms with Gasteiger partial charge in [-0.05, 0) is 97.3 Å². The molecule has 0 saturated heterocycles. The van der Waals surface area contributed by atoms with Gasteiger partial charge in [-0.25, -0.2) is 4.79 Å². The van der Waals surface area contributed by atoms with Crippen molar-refractivity contribution in [3.63, 3.8) is 0 Å². The highest BCUT2D eigenvalue weighted by Gasteiger charge is 2.12. The Kier molecular flexibility index (Phi) is 10.4. The number of hydrogen-bond acceptors (Lipinski definition) is 6. The van der Waals surface area contributed by atoms with Crippen LogP contribution in [-0.2, 0) is 9.63 Å². The first-order valence-corrected chi connectivity index (χ1v) is 14.7. The third-order valence-electron chi connectivity index (χ3n) is 5.85. The Morgan fingerprint density at radius 1 is 0.795 bits per heavy atom. The molecule has 0 amide bonds. The molecule has 39 heavy (non-hydrogen) atoms. The molecule has 0 unspecified atom stereocenters. The summed E-state index contributed by atoms with van der Waals surface area (Å²) < 4.78 is 0. The van der Waals surface area contributed by atoms with Gasteiger partial charge in [0.2, 0.25) is 0 Å². The molecule has 0 aliphatic heterocycles. The van der Waals surface area contributed by atoms with Gasteiger partial charge in [-0.1, -0.05) is 64.9 Å². The van der Waals surface area contributed by atoms with Crippen LogP contribution < -0.4 is 0 Å². The lowest BCUT2D eigenvalue weighted by Gasteiger charge is -2.09. The molecule has 4 rings (SSSR count). The van der Waals surface area contributed by atoms with Crippen molar-refractivity contribution < 1.29 is 14.4 Å². The van der Waals surface area contributed by atoms with E-state index in [1.54, 1.807) is 23.5 Å². The Labute approximate surface area is 242 Å². The van der Waals surface area contributed by atoms with Crippen molar-refractivity contribution in [3.8, 4) is 0 Å². The second-order valence-corrected chi connectivity index (χ2v) is 11.6. The van der Waals surface area contributed by atoms with Crippen LogP contribution in [0.3, 0.4) is 0 Å². The second-order valence-electron chi connectivity index (χ2n) is 8.82. The number of hydrogen-bond donors (Lipinski definition) is 0. The Balaban J connectivity index is 1.37. The van der Waals surface area contributed by atoms with Crippen molar-refractivity contribution in [3.05, 3.63) is 124 Å². The SMILES string of the molecule is CC(=O)O/N=C(\CCCSc1ccc(Cl)cc1)c1ccc(Sc2ccc(C(=O)c3ccccc3C)cc2)cc1. The van der Waals surface area contributed by atoms with E-state index in [0.29, 0.717) is 12.0 Å². The standard InChI is InChI=1S/C32H28ClNO3S2/c1-22-6-3-4-7-30(22)32(36)25-11-17-29(18-12-25)39-28-15-9-24(10-16-28)31(34-37-23(2)35)8-5-21-38-27-19-13-26(33)14-20-27/h3-4,6-7,9-20H,5,8,21H2,1-2H3/b34-31+. The first-order valence-electron chi connectivity index (χ1n) is 12.5. The van der Waals surface area contributed by atoms with E-state index in [1.165, 1.54) is 6.92 Å². The van der Waals surface area contributed by atoms with Crippen molar-refractivity contribution >= 4 is 52.6 Å². The second kappa shape index (κ2) is 14.2. The number of carbonyl (C=O) groups is 2. The normalized spacial score (nSPS) is 11.3. The van der Waals surface area contributed by atoms with E-state index in [2.05, 4.69) is 5.16 Å². The molecule has 0 N–H and O–H groups in total. The molecule has 0 spiro atoms. The molecule has 4 nitrogen and oxygen atoms in total. The summed E-state index contributed by atoms with van der Waals surface area (Å²) in [6.07, 6.45) is 1.55. The molecule has 0 bridgehead atoms. The number of carbonyl (C=O) groups excluding carboxylic acids is 2. The Bertz CT molecular complexity index is 1450. The molecule has 198 valence electrons. The zero-order valence-corrected chi connectivity index (χ0v) is 24.1. The fraction of sp³-hybridized carbons (Fsp3) is 0.156. The van der Waals surface area contributed by atoms with Crippen LogP contribution in [0.5, 0.6) is 0 Å². The van der Waals surface area contributed by atoms with Gasteiger partial charge in [-0.2, -0.15) is 0 Å². The predicted octanol–water partition coefficient (Wildman–Crippen LogP) is 8.87. The number of aryl methyl sites for hydroxylation is 1. The molecule has 0 fully saturated rings. The molecule has 4 aromatic carbocycles. The Morgan fingerprint density at radius 2 is 1.38 bits per heavy atom. The van der Waals surface area contributed by atoms with E-state index >= 15 is 0 Å². The lowest BCUT2D eigenvalue weighted by atomic mass is 9.99. The molecule has 0 heterocycles. The lowest BCUT2D eigenvalue weighted by molar-refractivity contribution is -0.140. The molecule has 7 heteroatoms. The molecular formula is C32H28ClNO3S2. The number of thioether (sulfide) groups is 1. The lowest BCUT2D eigenvalue weighted by Crippen LogP contribution is -2.05. The van der Waals surface area contributed by atoms with Crippen LogP contribution >= 0.6 is 35.1 Å². The maximum absolute atomic E-state index is 12.9. The predicted molar refractivity (Wildman–Crippen MR) is 161 cm³/mol. The number of benzene rings is 4. The zero-order chi connectivity index (χ0) is 27.6. The van der Waals surface area contributed by atoms with E-state index in [4.69, 9.17) is 16.4 Å². The maximum Gasteiger partial charge on any atom is 0.331 e. The highest BCUT2D eigenvalue weighted by molar-refractivity contribution is 7.99. The van der Waals surface area contributed by atoms with Gasteiger partial charge < -0.3 is 4.84 Å². The van der Waals surface area contributed by atoms with Gasteiger partial charge in [0.1, 0.15) is 0 Å². The highest BCUT2D eigenvalue weighted by Crippen LogP contribution is 2.29. The van der Waals surface area contributed by atoms with Gasteiger partial charge in [-0.15, -0.1) is 11.8 Å². The van der Waals surface area contributed by atoms with Gasteiger partial charge >= 0.3 is 5.97 Å². The monoisotopic (exact) mass is 573 g/mol. The van der Waals surface area contributed by atoms with Gasteiger partial charge in [0, 0.05) is 37.8 Å². The van der Waals surface area contributed by atoms with Crippen LogP contribution in [0.4, 0.5) is 0 Å².